The van der Waals surface area contributed by atoms with Gasteiger partial charge in [0, 0.05) is 0 Å². The quantitative estimate of drug-likeness (QED) is 0.711. The molecule has 2 atom stereocenters. The zero-order chi connectivity index (χ0) is 9.10. The molecule has 0 aromatic heterocycles. The van der Waals surface area contributed by atoms with Crippen molar-refractivity contribution in [1.29, 1.82) is 0 Å². The summed E-state index contributed by atoms with van der Waals surface area (Å²) in [6.07, 6.45) is 11.9. The summed E-state index contributed by atoms with van der Waals surface area (Å²) in [6, 6.07) is 0. The van der Waals surface area contributed by atoms with Crippen LogP contribution in [-0.2, 0) is 0 Å². The molecule has 2 N–H and O–H groups in total. The Bertz CT molecular complexity index is 147. The molecule has 2 saturated carbocycles. The Labute approximate surface area is 82.1 Å². The minimum absolute atomic E-state index is 0.891. The summed E-state index contributed by atoms with van der Waals surface area (Å²) in [5.74, 6) is 2.96. The van der Waals surface area contributed by atoms with E-state index in [0.717, 1.165) is 24.3 Å². The van der Waals surface area contributed by atoms with Crippen LogP contribution in [0.5, 0.6) is 0 Å². The van der Waals surface area contributed by atoms with Gasteiger partial charge in [0.15, 0.2) is 0 Å². The third-order valence-corrected chi connectivity index (χ3v) is 4.24. The molecule has 2 aliphatic rings. The minimum Gasteiger partial charge on any atom is -0.330 e. The average molecular weight is 181 g/mol. The first kappa shape index (κ1) is 9.51. The van der Waals surface area contributed by atoms with Gasteiger partial charge in [-0.25, -0.2) is 0 Å². The Kier molecular flexibility index (Phi) is 3.26. The standard InChI is InChI=1S/C12H23N/c13-9-12-7-6-11(12)8-10-4-2-1-3-5-10/h10-12H,1-9,13H2. The van der Waals surface area contributed by atoms with Crippen molar-refractivity contribution >= 4 is 0 Å². The fourth-order valence-corrected chi connectivity index (χ4v) is 3.11. The van der Waals surface area contributed by atoms with Crippen molar-refractivity contribution in [1.82, 2.24) is 0 Å². The van der Waals surface area contributed by atoms with Gasteiger partial charge in [-0.3, -0.25) is 0 Å². The van der Waals surface area contributed by atoms with E-state index < -0.39 is 0 Å². The first-order valence-electron chi connectivity index (χ1n) is 6.10. The lowest BCUT2D eigenvalue weighted by Gasteiger charge is -2.39. The first-order chi connectivity index (χ1) is 6.40. The molecule has 0 aromatic carbocycles. The van der Waals surface area contributed by atoms with Crippen LogP contribution in [0.3, 0.4) is 0 Å². The predicted octanol–water partition coefficient (Wildman–Crippen LogP) is 2.94. The third kappa shape index (κ3) is 2.25. The summed E-state index contributed by atoms with van der Waals surface area (Å²) in [4.78, 5) is 0. The summed E-state index contributed by atoms with van der Waals surface area (Å²) < 4.78 is 0. The van der Waals surface area contributed by atoms with E-state index in [1.807, 2.05) is 0 Å². The van der Waals surface area contributed by atoms with Crippen LogP contribution in [0.2, 0.25) is 0 Å². The summed E-state index contributed by atoms with van der Waals surface area (Å²) in [5.41, 5.74) is 5.73. The minimum atomic E-state index is 0.891. The zero-order valence-electron chi connectivity index (χ0n) is 8.67. The Morgan fingerprint density at radius 3 is 2.08 bits per heavy atom. The number of hydrogen-bond donors (Lipinski definition) is 1. The highest BCUT2D eigenvalue weighted by molar-refractivity contribution is 4.83. The number of nitrogens with two attached hydrogens (primary N) is 1. The van der Waals surface area contributed by atoms with Crippen LogP contribution in [0.1, 0.15) is 51.4 Å². The molecular weight excluding hydrogens is 158 g/mol. The number of rotatable bonds is 3. The molecule has 0 heterocycles. The van der Waals surface area contributed by atoms with Crippen molar-refractivity contribution < 1.29 is 0 Å². The molecule has 2 fully saturated rings. The first-order valence-corrected chi connectivity index (χ1v) is 6.10. The van der Waals surface area contributed by atoms with Gasteiger partial charge in [0.25, 0.3) is 0 Å². The van der Waals surface area contributed by atoms with E-state index in [1.165, 1.54) is 51.4 Å². The lowest BCUT2D eigenvalue weighted by Crippen LogP contribution is -2.34. The largest absolute Gasteiger partial charge is 0.330 e. The molecule has 76 valence electrons. The molecule has 13 heavy (non-hydrogen) atoms. The molecule has 1 nitrogen and oxygen atoms in total. The van der Waals surface area contributed by atoms with E-state index in [2.05, 4.69) is 0 Å². The van der Waals surface area contributed by atoms with Crippen LogP contribution in [0.25, 0.3) is 0 Å². The summed E-state index contributed by atoms with van der Waals surface area (Å²) >= 11 is 0. The van der Waals surface area contributed by atoms with Crippen molar-refractivity contribution in [3.63, 3.8) is 0 Å². The molecule has 2 aliphatic carbocycles. The van der Waals surface area contributed by atoms with Crippen LogP contribution in [-0.4, -0.2) is 6.54 Å². The Hall–Kier alpha value is -0.0400. The summed E-state index contributed by atoms with van der Waals surface area (Å²) in [6.45, 7) is 0.942. The third-order valence-electron chi connectivity index (χ3n) is 4.24. The molecule has 0 bridgehead atoms. The maximum atomic E-state index is 5.73. The second kappa shape index (κ2) is 4.45. The van der Waals surface area contributed by atoms with Gasteiger partial charge in [-0.15, -0.1) is 0 Å². The van der Waals surface area contributed by atoms with E-state index in [-0.39, 0.29) is 0 Å². The predicted molar refractivity (Wildman–Crippen MR) is 56.5 cm³/mol. The highest BCUT2D eigenvalue weighted by Crippen LogP contribution is 2.41. The summed E-state index contributed by atoms with van der Waals surface area (Å²) in [5, 5.41) is 0. The normalized spacial score (nSPS) is 35.8. The van der Waals surface area contributed by atoms with E-state index in [0.29, 0.717) is 0 Å². The Morgan fingerprint density at radius 2 is 1.54 bits per heavy atom. The fourth-order valence-electron chi connectivity index (χ4n) is 3.11. The monoisotopic (exact) mass is 181 g/mol. The molecule has 0 amide bonds. The maximum absolute atomic E-state index is 5.73. The number of hydrogen-bond acceptors (Lipinski definition) is 1. The smallest absolute Gasteiger partial charge is 0.00462 e. The van der Waals surface area contributed by atoms with Gasteiger partial charge in [0.05, 0.1) is 0 Å². The highest BCUT2D eigenvalue weighted by atomic mass is 14.6. The van der Waals surface area contributed by atoms with Crippen LogP contribution in [0.4, 0.5) is 0 Å². The molecule has 1 heteroatoms. The zero-order valence-corrected chi connectivity index (χ0v) is 8.67. The van der Waals surface area contributed by atoms with Crippen LogP contribution >= 0.6 is 0 Å². The second-order valence-corrected chi connectivity index (χ2v) is 5.07. The Balaban J connectivity index is 1.70. The van der Waals surface area contributed by atoms with Crippen molar-refractivity contribution in [2.45, 2.75) is 51.4 Å². The van der Waals surface area contributed by atoms with E-state index in [1.54, 1.807) is 0 Å². The molecule has 0 aromatic rings. The van der Waals surface area contributed by atoms with Gasteiger partial charge < -0.3 is 5.73 Å². The van der Waals surface area contributed by atoms with Gasteiger partial charge in [-0.05, 0) is 43.6 Å². The van der Waals surface area contributed by atoms with E-state index in [4.69, 9.17) is 5.73 Å². The lowest BCUT2D eigenvalue weighted by molar-refractivity contribution is 0.133. The van der Waals surface area contributed by atoms with Crippen molar-refractivity contribution in [3.8, 4) is 0 Å². The van der Waals surface area contributed by atoms with Crippen molar-refractivity contribution in [2.75, 3.05) is 6.54 Å². The molecule has 2 unspecified atom stereocenters. The van der Waals surface area contributed by atoms with Crippen LogP contribution in [0, 0.1) is 17.8 Å². The lowest BCUT2D eigenvalue weighted by atomic mass is 9.68. The highest BCUT2D eigenvalue weighted by Gasteiger charge is 2.31. The molecule has 0 saturated heterocycles. The van der Waals surface area contributed by atoms with Gasteiger partial charge in [0.1, 0.15) is 0 Å². The SMILES string of the molecule is NCC1CCC1CC1CCCCC1. The Morgan fingerprint density at radius 1 is 0.846 bits per heavy atom. The van der Waals surface area contributed by atoms with Gasteiger partial charge in [-0.2, -0.15) is 0 Å². The fraction of sp³-hybridized carbons (Fsp3) is 1.00. The second-order valence-electron chi connectivity index (χ2n) is 5.07. The summed E-state index contributed by atoms with van der Waals surface area (Å²) in [7, 11) is 0. The van der Waals surface area contributed by atoms with E-state index >= 15 is 0 Å². The topological polar surface area (TPSA) is 26.0 Å². The molecule has 2 rings (SSSR count). The van der Waals surface area contributed by atoms with Gasteiger partial charge >= 0.3 is 0 Å². The molecular formula is C12H23N. The van der Waals surface area contributed by atoms with Crippen LogP contribution in [0.15, 0.2) is 0 Å². The van der Waals surface area contributed by atoms with Crippen molar-refractivity contribution in [3.05, 3.63) is 0 Å². The van der Waals surface area contributed by atoms with Crippen LogP contribution < -0.4 is 5.73 Å². The molecule has 0 spiro atoms. The molecule has 0 radical (unpaired) electrons. The maximum Gasteiger partial charge on any atom is -0.00462 e. The van der Waals surface area contributed by atoms with Crippen molar-refractivity contribution in [2.24, 2.45) is 23.5 Å². The average Bonchev–Trinajstić information content (AvgIpc) is 2.15. The van der Waals surface area contributed by atoms with Gasteiger partial charge in [0.2, 0.25) is 0 Å². The van der Waals surface area contributed by atoms with E-state index in [9.17, 15) is 0 Å². The van der Waals surface area contributed by atoms with Gasteiger partial charge in [-0.1, -0.05) is 32.1 Å². The molecule has 0 aliphatic heterocycles.